The number of hydrogen-bond acceptors (Lipinski definition) is 2. The third-order valence-corrected chi connectivity index (χ3v) is 4.82. The number of halogens is 1. The van der Waals surface area contributed by atoms with Crippen LogP contribution >= 0.6 is 15.9 Å². The summed E-state index contributed by atoms with van der Waals surface area (Å²) in [5.41, 5.74) is 0.768. The fourth-order valence-electron chi connectivity index (χ4n) is 2.71. The lowest BCUT2D eigenvalue weighted by Crippen LogP contribution is -2.51. The van der Waals surface area contributed by atoms with E-state index in [2.05, 4.69) is 21.2 Å². The van der Waals surface area contributed by atoms with E-state index in [0.29, 0.717) is 6.42 Å². The maximum atomic E-state index is 12.1. The minimum atomic E-state index is -0.0772. The van der Waals surface area contributed by atoms with Crippen LogP contribution in [-0.4, -0.2) is 21.9 Å². The van der Waals surface area contributed by atoms with E-state index in [1.807, 2.05) is 6.07 Å². The van der Waals surface area contributed by atoms with Crippen molar-refractivity contribution in [2.45, 2.75) is 44.1 Å². The Kier molecular flexibility index (Phi) is 4.86. The van der Waals surface area contributed by atoms with Crippen LogP contribution in [0.15, 0.2) is 24.3 Å². The van der Waals surface area contributed by atoms with Crippen molar-refractivity contribution in [2.75, 3.05) is 5.33 Å². The SMILES string of the molecule is O=C(Cc1cccc(O)c1)NC1(CBr)CCCCC1. The summed E-state index contributed by atoms with van der Waals surface area (Å²) >= 11 is 3.54. The van der Waals surface area contributed by atoms with Gasteiger partial charge in [-0.1, -0.05) is 47.3 Å². The molecule has 1 aliphatic rings. The Morgan fingerprint density at radius 1 is 1.32 bits per heavy atom. The van der Waals surface area contributed by atoms with E-state index < -0.39 is 0 Å². The number of alkyl halides is 1. The molecule has 1 saturated carbocycles. The first-order valence-corrected chi connectivity index (χ1v) is 7.91. The van der Waals surface area contributed by atoms with Crippen molar-refractivity contribution in [3.05, 3.63) is 29.8 Å². The molecule has 0 heterocycles. The standard InChI is InChI=1S/C15H20BrNO2/c16-11-15(7-2-1-3-8-15)17-14(19)10-12-5-4-6-13(18)9-12/h4-6,9,18H,1-3,7-8,10-11H2,(H,17,19). The number of phenols is 1. The zero-order valence-corrected chi connectivity index (χ0v) is 12.6. The number of amides is 1. The molecule has 4 heteroatoms. The third-order valence-electron chi connectivity index (χ3n) is 3.75. The average Bonchev–Trinajstić information content (AvgIpc) is 2.39. The molecule has 2 rings (SSSR count). The van der Waals surface area contributed by atoms with Crippen LogP contribution in [0.3, 0.4) is 0 Å². The minimum absolute atomic E-state index is 0.0342. The molecule has 1 aliphatic carbocycles. The molecular formula is C15H20BrNO2. The number of nitrogens with one attached hydrogen (secondary N) is 1. The van der Waals surface area contributed by atoms with Gasteiger partial charge >= 0.3 is 0 Å². The monoisotopic (exact) mass is 325 g/mol. The fourth-order valence-corrected chi connectivity index (χ4v) is 3.41. The lowest BCUT2D eigenvalue weighted by Gasteiger charge is -2.36. The van der Waals surface area contributed by atoms with Crippen molar-refractivity contribution >= 4 is 21.8 Å². The molecule has 0 atom stereocenters. The van der Waals surface area contributed by atoms with E-state index in [0.717, 1.165) is 23.7 Å². The van der Waals surface area contributed by atoms with E-state index in [-0.39, 0.29) is 17.2 Å². The molecule has 1 fully saturated rings. The van der Waals surface area contributed by atoms with Gasteiger partial charge in [0.05, 0.1) is 6.42 Å². The number of aromatic hydroxyl groups is 1. The quantitative estimate of drug-likeness (QED) is 0.835. The lowest BCUT2D eigenvalue weighted by atomic mass is 9.83. The van der Waals surface area contributed by atoms with Gasteiger partial charge < -0.3 is 10.4 Å². The van der Waals surface area contributed by atoms with E-state index in [9.17, 15) is 9.90 Å². The second kappa shape index (κ2) is 6.42. The zero-order chi connectivity index (χ0) is 13.7. The zero-order valence-electron chi connectivity index (χ0n) is 11.0. The van der Waals surface area contributed by atoms with Crippen LogP contribution in [0, 0.1) is 0 Å². The molecule has 104 valence electrons. The highest BCUT2D eigenvalue weighted by Gasteiger charge is 2.32. The summed E-state index contributed by atoms with van der Waals surface area (Å²) < 4.78 is 0. The largest absolute Gasteiger partial charge is 0.508 e. The van der Waals surface area contributed by atoms with Gasteiger partial charge in [-0.15, -0.1) is 0 Å². The minimum Gasteiger partial charge on any atom is -0.508 e. The Bertz CT molecular complexity index is 442. The number of carbonyl (C=O) groups is 1. The van der Waals surface area contributed by atoms with E-state index in [1.54, 1.807) is 18.2 Å². The smallest absolute Gasteiger partial charge is 0.224 e. The molecule has 1 aromatic rings. The van der Waals surface area contributed by atoms with Gasteiger partial charge in [-0.2, -0.15) is 0 Å². The first kappa shape index (κ1) is 14.4. The molecule has 3 nitrogen and oxygen atoms in total. The van der Waals surface area contributed by atoms with Gasteiger partial charge in [-0.05, 0) is 30.5 Å². The molecule has 0 aromatic heterocycles. The molecule has 1 amide bonds. The van der Waals surface area contributed by atoms with Crippen molar-refractivity contribution in [3.8, 4) is 5.75 Å². The third kappa shape index (κ3) is 3.96. The van der Waals surface area contributed by atoms with Gasteiger partial charge in [0.15, 0.2) is 0 Å². The Hall–Kier alpha value is -1.03. The molecule has 0 bridgehead atoms. The first-order chi connectivity index (χ1) is 9.13. The summed E-state index contributed by atoms with van der Waals surface area (Å²) in [5, 5.41) is 13.4. The van der Waals surface area contributed by atoms with Gasteiger partial charge in [-0.3, -0.25) is 4.79 Å². The van der Waals surface area contributed by atoms with Crippen LogP contribution in [0.5, 0.6) is 5.75 Å². The molecule has 1 aromatic carbocycles. The Labute approximate surface area is 122 Å². The average molecular weight is 326 g/mol. The number of rotatable bonds is 4. The van der Waals surface area contributed by atoms with E-state index in [1.165, 1.54) is 19.3 Å². The summed E-state index contributed by atoms with van der Waals surface area (Å²) in [7, 11) is 0. The summed E-state index contributed by atoms with van der Waals surface area (Å²) in [4.78, 5) is 12.1. The normalized spacial score (nSPS) is 17.9. The van der Waals surface area contributed by atoms with Crippen LogP contribution in [0.1, 0.15) is 37.7 Å². The second-order valence-corrected chi connectivity index (χ2v) is 5.93. The van der Waals surface area contributed by atoms with Crippen LogP contribution in [0.4, 0.5) is 0 Å². The summed E-state index contributed by atoms with van der Waals surface area (Å²) in [6, 6.07) is 6.88. The topological polar surface area (TPSA) is 49.3 Å². The van der Waals surface area contributed by atoms with Crippen LogP contribution in [-0.2, 0) is 11.2 Å². The van der Waals surface area contributed by atoms with Crippen LogP contribution in [0.25, 0.3) is 0 Å². The molecule has 0 spiro atoms. The molecular weight excluding hydrogens is 306 g/mol. The van der Waals surface area contributed by atoms with Crippen molar-refractivity contribution in [1.82, 2.24) is 5.32 Å². The molecule has 2 N–H and O–H groups in total. The van der Waals surface area contributed by atoms with Crippen molar-refractivity contribution in [2.24, 2.45) is 0 Å². The van der Waals surface area contributed by atoms with Gasteiger partial charge in [0.2, 0.25) is 5.91 Å². The highest BCUT2D eigenvalue weighted by molar-refractivity contribution is 9.09. The summed E-state index contributed by atoms with van der Waals surface area (Å²) in [6.45, 7) is 0. The highest BCUT2D eigenvalue weighted by atomic mass is 79.9. The van der Waals surface area contributed by atoms with Crippen molar-refractivity contribution < 1.29 is 9.90 Å². The van der Waals surface area contributed by atoms with Gasteiger partial charge in [0, 0.05) is 10.9 Å². The number of benzene rings is 1. The number of phenolic OH excluding ortho intramolecular Hbond substituents is 1. The molecule has 0 aliphatic heterocycles. The summed E-state index contributed by atoms with van der Waals surface area (Å²) in [6.07, 6.45) is 6.03. The Balaban J connectivity index is 1.96. The van der Waals surface area contributed by atoms with Crippen molar-refractivity contribution in [1.29, 1.82) is 0 Å². The Morgan fingerprint density at radius 3 is 2.68 bits per heavy atom. The van der Waals surface area contributed by atoms with E-state index >= 15 is 0 Å². The predicted octanol–water partition coefficient (Wildman–Crippen LogP) is 3.15. The second-order valence-electron chi connectivity index (χ2n) is 5.37. The predicted molar refractivity (Wildman–Crippen MR) is 79.6 cm³/mol. The van der Waals surface area contributed by atoms with E-state index in [4.69, 9.17) is 0 Å². The lowest BCUT2D eigenvalue weighted by molar-refractivity contribution is -0.122. The summed E-state index contributed by atoms with van der Waals surface area (Å²) in [5.74, 6) is 0.241. The molecule has 0 unspecified atom stereocenters. The number of carbonyl (C=O) groups excluding carboxylic acids is 1. The van der Waals surface area contributed by atoms with Crippen LogP contribution < -0.4 is 5.32 Å². The van der Waals surface area contributed by atoms with Crippen molar-refractivity contribution in [3.63, 3.8) is 0 Å². The molecule has 19 heavy (non-hydrogen) atoms. The van der Waals surface area contributed by atoms with Gasteiger partial charge in [0.1, 0.15) is 5.75 Å². The number of hydrogen-bond donors (Lipinski definition) is 2. The maximum Gasteiger partial charge on any atom is 0.224 e. The molecule has 0 radical (unpaired) electrons. The fraction of sp³-hybridized carbons (Fsp3) is 0.533. The van der Waals surface area contributed by atoms with Gasteiger partial charge in [-0.25, -0.2) is 0 Å². The van der Waals surface area contributed by atoms with Crippen LogP contribution in [0.2, 0.25) is 0 Å². The maximum absolute atomic E-state index is 12.1. The molecule has 0 saturated heterocycles. The van der Waals surface area contributed by atoms with Gasteiger partial charge in [0.25, 0.3) is 0 Å². The Morgan fingerprint density at radius 2 is 2.05 bits per heavy atom. The first-order valence-electron chi connectivity index (χ1n) is 6.78. The highest BCUT2D eigenvalue weighted by Crippen LogP contribution is 2.29.